The Morgan fingerprint density at radius 2 is 1.83 bits per heavy atom. The Kier molecular flexibility index (Phi) is 6.98. The van der Waals surface area contributed by atoms with Gasteiger partial charge < -0.3 is 14.8 Å². The van der Waals surface area contributed by atoms with Gasteiger partial charge in [-0.1, -0.05) is 41.9 Å². The predicted molar refractivity (Wildman–Crippen MR) is 130 cm³/mol. The average molecular weight is 494 g/mol. The van der Waals surface area contributed by atoms with Crippen LogP contribution >= 0.6 is 11.6 Å². The lowest BCUT2D eigenvalue weighted by Gasteiger charge is -2.15. The molecule has 4 rings (SSSR count). The van der Waals surface area contributed by atoms with Crippen molar-refractivity contribution in [1.29, 1.82) is 0 Å². The van der Waals surface area contributed by atoms with Gasteiger partial charge in [-0.3, -0.25) is 14.9 Å². The summed E-state index contributed by atoms with van der Waals surface area (Å²) in [5, 5.41) is 13.8. The minimum Gasteiger partial charge on any atom is -0.490 e. The van der Waals surface area contributed by atoms with Crippen LogP contribution in [0.3, 0.4) is 0 Å². The molecule has 0 spiro atoms. The predicted octanol–water partition coefficient (Wildman–Crippen LogP) is 5.32. The molecular weight excluding hydrogens is 474 g/mol. The Balaban J connectivity index is 1.59. The number of imide groups is 1. The molecule has 3 amide bonds. The largest absolute Gasteiger partial charge is 0.490 e. The summed E-state index contributed by atoms with van der Waals surface area (Å²) in [7, 11) is 0. The summed E-state index contributed by atoms with van der Waals surface area (Å²) in [5.74, 6) is 0.0881. The van der Waals surface area contributed by atoms with E-state index < -0.39 is 16.9 Å². The molecule has 0 aromatic heterocycles. The number of halogens is 1. The topological polar surface area (TPSA) is 111 Å². The van der Waals surface area contributed by atoms with Gasteiger partial charge in [-0.15, -0.1) is 0 Å². The van der Waals surface area contributed by atoms with Crippen molar-refractivity contribution in [3.8, 4) is 11.5 Å². The van der Waals surface area contributed by atoms with Crippen LogP contribution in [0.25, 0.3) is 6.08 Å². The van der Waals surface area contributed by atoms with Gasteiger partial charge in [-0.25, -0.2) is 9.69 Å². The second kappa shape index (κ2) is 10.3. The third kappa shape index (κ3) is 5.25. The third-order valence-electron chi connectivity index (χ3n) is 5.04. The van der Waals surface area contributed by atoms with Crippen LogP contribution in [0.1, 0.15) is 18.1 Å². The summed E-state index contributed by atoms with van der Waals surface area (Å²) < 4.78 is 11.5. The number of nitrogens with one attached hydrogen (secondary N) is 1. The van der Waals surface area contributed by atoms with Crippen molar-refractivity contribution < 1.29 is 24.0 Å². The Morgan fingerprint density at radius 1 is 1.06 bits per heavy atom. The molecule has 1 N–H and O–H groups in total. The zero-order chi connectivity index (χ0) is 24.9. The standard InChI is InChI=1S/C25H20ClN3O6/c1-2-34-22-14-17(13-21-24(30)28(25(31)27-21)18-8-4-3-5-9-18)12-20(26)23(22)35-15-16-7-6-10-19(11-16)29(32)33/h3-14H,2,15H2,1H3,(H,27,31)/b21-13+. The van der Waals surface area contributed by atoms with E-state index in [1.54, 1.807) is 61.5 Å². The van der Waals surface area contributed by atoms with E-state index in [0.29, 0.717) is 29.2 Å². The highest BCUT2D eigenvalue weighted by Crippen LogP contribution is 2.38. The van der Waals surface area contributed by atoms with Crippen LogP contribution in [0.15, 0.2) is 72.4 Å². The number of non-ortho nitro benzene ring substituents is 1. The van der Waals surface area contributed by atoms with Gasteiger partial charge in [0.25, 0.3) is 11.6 Å². The van der Waals surface area contributed by atoms with E-state index in [1.165, 1.54) is 18.2 Å². The van der Waals surface area contributed by atoms with Gasteiger partial charge >= 0.3 is 6.03 Å². The van der Waals surface area contributed by atoms with Gasteiger partial charge in [0, 0.05) is 12.1 Å². The fourth-order valence-electron chi connectivity index (χ4n) is 3.50. The Morgan fingerprint density at radius 3 is 2.54 bits per heavy atom. The van der Waals surface area contributed by atoms with E-state index in [1.807, 2.05) is 0 Å². The minimum absolute atomic E-state index is 0.0302. The number of nitro benzene ring substituents is 1. The van der Waals surface area contributed by atoms with Gasteiger partial charge in [0.1, 0.15) is 12.3 Å². The summed E-state index contributed by atoms with van der Waals surface area (Å²) >= 11 is 6.47. The number of ether oxygens (including phenoxy) is 2. The SMILES string of the molecule is CCOc1cc(/C=C2/NC(=O)N(c3ccccc3)C2=O)cc(Cl)c1OCc1cccc([N+](=O)[O-])c1. The molecule has 1 aliphatic rings. The van der Waals surface area contributed by atoms with Gasteiger partial charge in [0.05, 0.1) is 22.2 Å². The fraction of sp³-hybridized carbons (Fsp3) is 0.120. The summed E-state index contributed by atoms with van der Waals surface area (Å²) in [6, 6.07) is 17.3. The number of hydrogen-bond donors (Lipinski definition) is 1. The first kappa shape index (κ1) is 23.8. The van der Waals surface area contributed by atoms with Crippen molar-refractivity contribution in [1.82, 2.24) is 5.32 Å². The number of benzene rings is 3. The molecule has 35 heavy (non-hydrogen) atoms. The first-order valence-electron chi connectivity index (χ1n) is 10.6. The molecule has 0 unspecified atom stereocenters. The molecule has 0 saturated carbocycles. The minimum atomic E-state index is -0.555. The lowest BCUT2D eigenvalue weighted by molar-refractivity contribution is -0.384. The van der Waals surface area contributed by atoms with Crippen molar-refractivity contribution in [3.05, 3.63) is 98.7 Å². The first-order valence-corrected chi connectivity index (χ1v) is 11.0. The Hall–Kier alpha value is -4.37. The van der Waals surface area contributed by atoms with Crippen LogP contribution in [0.2, 0.25) is 5.02 Å². The number of carbonyl (C=O) groups excluding carboxylic acids is 2. The van der Waals surface area contributed by atoms with Crippen molar-refractivity contribution in [2.45, 2.75) is 13.5 Å². The zero-order valence-corrected chi connectivity index (χ0v) is 19.3. The number of carbonyl (C=O) groups is 2. The molecule has 0 aliphatic carbocycles. The maximum absolute atomic E-state index is 12.9. The highest BCUT2D eigenvalue weighted by molar-refractivity contribution is 6.32. The van der Waals surface area contributed by atoms with E-state index >= 15 is 0 Å². The molecule has 1 fully saturated rings. The van der Waals surface area contributed by atoms with Gasteiger partial charge in [-0.05, 0) is 48.4 Å². The van der Waals surface area contributed by atoms with Crippen molar-refractivity contribution in [3.63, 3.8) is 0 Å². The highest BCUT2D eigenvalue weighted by Gasteiger charge is 2.34. The molecule has 1 saturated heterocycles. The normalized spacial score (nSPS) is 14.2. The van der Waals surface area contributed by atoms with E-state index in [0.717, 1.165) is 4.90 Å². The number of rotatable bonds is 8. The average Bonchev–Trinajstić information content (AvgIpc) is 3.12. The zero-order valence-electron chi connectivity index (χ0n) is 18.6. The smallest absolute Gasteiger partial charge is 0.333 e. The number of urea groups is 1. The monoisotopic (exact) mass is 493 g/mol. The summed E-state index contributed by atoms with van der Waals surface area (Å²) in [5.41, 5.74) is 1.60. The molecular formula is C25H20ClN3O6. The van der Waals surface area contributed by atoms with Crippen LogP contribution in [-0.4, -0.2) is 23.5 Å². The second-order valence-corrected chi connectivity index (χ2v) is 7.85. The Bertz CT molecular complexity index is 1330. The van der Waals surface area contributed by atoms with Crippen LogP contribution in [-0.2, 0) is 11.4 Å². The lowest BCUT2D eigenvalue weighted by Crippen LogP contribution is -2.30. The second-order valence-electron chi connectivity index (χ2n) is 7.44. The number of hydrogen-bond acceptors (Lipinski definition) is 6. The van der Waals surface area contributed by atoms with E-state index in [-0.39, 0.29) is 28.8 Å². The van der Waals surface area contributed by atoms with Gasteiger partial charge in [0.15, 0.2) is 11.5 Å². The fourth-order valence-corrected chi connectivity index (χ4v) is 3.78. The molecule has 0 atom stereocenters. The van der Waals surface area contributed by atoms with Crippen LogP contribution in [0.4, 0.5) is 16.2 Å². The molecule has 3 aromatic carbocycles. The van der Waals surface area contributed by atoms with Crippen molar-refractivity contribution in [2.24, 2.45) is 0 Å². The van der Waals surface area contributed by atoms with E-state index in [2.05, 4.69) is 5.32 Å². The maximum Gasteiger partial charge on any atom is 0.333 e. The number of nitrogens with zero attached hydrogens (tertiary/aromatic N) is 2. The molecule has 3 aromatic rings. The molecule has 178 valence electrons. The number of anilines is 1. The van der Waals surface area contributed by atoms with E-state index in [9.17, 15) is 19.7 Å². The van der Waals surface area contributed by atoms with E-state index in [4.69, 9.17) is 21.1 Å². The molecule has 0 radical (unpaired) electrons. The number of amides is 3. The molecule has 10 heteroatoms. The molecule has 0 bridgehead atoms. The molecule has 9 nitrogen and oxygen atoms in total. The number of para-hydroxylation sites is 1. The Labute approximate surface area is 205 Å². The van der Waals surface area contributed by atoms with Gasteiger partial charge in [0.2, 0.25) is 0 Å². The maximum atomic E-state index is 12.9. The summed E-state index contributed by atoms with van der Waals surface area (Å²) in [6.07, 6.45) is 1.50. The van der Waals surface area contributed by atoms with Gasteiger partial charge in [-0.2, -0.15) is 0 Å². The molecule has 1 aliphatic heterocycles. The molecule has 1 heterocycles. The van der Waals surface area contributed by atoms with Crippen LogP contribution in [0, 0.1) is 10.1 Å². The summed E-state index contributed by atoms with van der Waals surface area (Å²) in [4.78, 5) is 36.8. The quantitative estimate of drug-likeness (QED) is 0.197. The van der Waals surface area contributed by atoms with Crippen LogP contribution < -0.4 is 19.7 Å². The third-order valence-corrected chi connectivity index (χ3v) is 5.32. The first-order chi connectivity index (χ1) is 16.9. The lowest BCUT2D eigenvalue weighted by atomic mass is 10.1. The van der Waals surface area contributed by atoms with Crippen molar-refractivity contribution in [2.75, 3.05) is 11.5 Å². The van der Waals surface area contributed by atoms with Crippen LogP contribution in [0.5, 0.6) is 11.5 Å². The highest BCUT2D eigenvalue weighted by atomic mass is 35.5. The van der Waals surface area contributed by atoms with Crippen molar-refractivity contribution >= 4 is 41.0 Å². The number of nitro groups is 1. The summed E-state index contributed by atoms with van der Waals surface area (Å²) in [6.45, 7) is 2.14.